The van der Waals surface area contributed by atoms with E-state index in [2.05, 4.69) is 151 Å². The molecule has 2 heterocycles. The monoisotopic (exact) mass is 653 g/mol. The van der Waals surface area contributed by atoms with Crippen molar-refractivity contribution in [3.05, 3.63) is 193 Å². The molecule has 1 N–H and O–H groups in total. The van der Waals surface area contributed by atoms with Crippen LogP contribution < -0.4 is 5.32 Å². The number of aliphatic imine (C=N–C) groups is 2. The molecule has 51 heavy (non-hydrogen) atoms. The van der Waals surface area contributed by atoms with E-state index in [1.54, 1.807) is 0 Å². The predicted molar refractivity (Wildman–Crippen MR) is 211 cm³/mol. The van der Waals surface area contributed by atoms with Gasteiger partial charge in [-0.15, -0.1) is 0 Å². The lowest BCUT2D eigenvalue weighted by molar-refractivity contribution is 0.669. The Morgan fingerprint density at radius 1 is 0.412 bits per heavy atom. The molecule has 1 atom stereocenters. The van der Waals surface area contributed by atoms with Gasteiger partial charge in [0.1, 0.15) is 22.8 Å². The minimum atomic E-state index is -0.427. The summed E-state index contributed by atoms with van der Waals surface area (Å²) in [4.78, 5) is 10.4. The zero-order valence-electron chi connectivity index (χ0n) is 27.6. The lowest BCUT2D eigenvalue weighted by Crippen LogP contribution is -2.36. The molecule has 1 aliphatic rings. The molecule has 10 rings (SSSR count). The van der Waals surface area contributed by atoms with E-state index in [9.17, 15) is 0 Å². The van der Waals surface area contributed by atoms with Crippen molar-refractivity contribution < 1.29 is 4.42 Å². The Balaban J connectivity index is 1.08. The highest BCUT2D eigenvalue weighted by Crippen LogP contribution is 2.37. The molecule has 0 amide bonds. The maximum atomic E-state index is 6.44. The van der Waals surface area contributed by atoms with Gasteiger partial charge in [0.25, 0.3) is 0 Å². The van der Waals surface area contributed by atoms with Crippen LogP contribution in [-0.2, 0) is 0 Å². The van der Waals surface area contributed by atoms with Crippen LogP contribution in [0.1, 0.15) is 22.9 Å². The Morgan fingerprint density at radius 3 is 1.73 bits per heavy atom. The van der Waals surface area contributed by atoms with Crippen molar-refractivity contribution in [3.8, 4) is 22.3 Å². The Labute approximate surface area is 295 Å². The number of rotatable bonds is 5. The second kappa shape index (κ2) is 12.0. The standard InChI is InChI=1S/C47H31N3O/c1-2-11-33(12-3-1)45-48-46(34-21-17-32(18-22-34)37-23-19-30-9-4-6-13-35(30)27-37)50-47(49-45)40-15-8-16-43-44(40)41-29-39(25-26-42(41)51-43)38-24-20-31-10-5-7-14-36(31)28-38/h1-29,46H,(H,48,49,50). The Morgan fingerprint density at radius 2 is 1.00 bits per heavy atom. The van der Waals surface area contributed by atoms with Crippen molar-refractivity contribution in [2.24, 2.45) is 9.98 Å². The number of amidine groups is 2. The van der Waals surface area contributed by atoms with Crippen LogP contribution in [0.15, 0.2) is 190 Å². The molecule has 4 heteroatoms. The van der Waals surface area contributed by atoms with Crippen molar-refractivity contribution in [2.75, 3.05) is 0 Å². The van der Waals surface area contributed by atoms with Gasteiger partial charge in [-0.3, -0.25) is 0 Å². The second-order valence-electron chi connectivity index (χ2n) is 13.1. The fourth-order valence-electron chi connectivity index (χ4n) is 7.27. The number of fused-ring (bicyclic) bond motifs is 5. The Hall–Kier alpha value is -6.78. The van der Waals surface area contributed by atoms with Gasteiger partial charge in [0.2, 0.25) is 0 Å². The van der Waals surface area contributed by atoms with E-state index in [-0.39, 0.29) is 0 Å². The van der Waals surface area contributed by atoms with E-state index in [4.69, 9.17) is 14.4 Å². The van der Waals surface area contributed by atoms with Crippen molar-refractivity contribution >= 4 is 55.2 Å². The fourth-order valence-corrected chi connectivity index (χ4v) is 7.27. The number of hydrogen-bond acceptors (Lipinski definition) is 4. The first-order valence-corrected chi connectivity index (χ1v) is 17.3. The summed E-state index contributed by atoms with van der Waals surface area (Å²) in [7, 11) is 0. The van der Waals surface area contributed by atoms with Crippen LogP contribution in [0.5, 0.6) is 0 Å². The number of benzene rings is 8. The zero-order valence-corrected chi connectivity index (χ0v) is 27.6. The Bertz CT molecular complexity index is 2830. The summed E-state index contributed by atoms with van der Waals surface area (Å²) in [6.07, 6.45) is -0.427. The molecule has 1 aliphatic heterocycles. The van der Waals surface area contributed by atoms with Gasteiger partial charge in [-0.1, -0.05) is 146 Å². The summed E-state index contributed by atoms with van der Waals surface area (Å²) < 4.78 is 6.44. The van der Waals surface area contributed by atoms with Crippen molar-refractivity contribution in [3.63, 3.8) is 0 Å². The third-order valence-corrected chi connectivity index (χ3v) is 9.91. The summed E-state index contributed by atoms with van der Waals surface area (Å²) in [6, 6.07) is 61.8. The van der Waals surface area contributed by atoms with E-state index >= 15 is 0 Å². The topological polar surface area (TPSA) is 49.9 Å². The average Bonchev–Trinajstić information content (AvgIpc) is 3.59. The van der Waals surface area contributed by atoms with Gasteiger partial charge >= 0.3 is 0 Å². The third-order valence-electron chi connectivity index (χ3n) is 9.91. The molecule has 0 radical (unpaired) electrons. The van der Waals surface area contributed by atoms with Crippen LogP contribution in [0.25, 0.3) is 65.7 Å². The average molecular weight is 654 g/mol. The van der Waals surface area contributed by atoms with Gasteiger partial charge in [-0.25, -0.2) is 9.98 Å². The summed E-state index contributed by atoms with van der Waals surface area (Å²) in [6.45, 7) is 0. The SMILES string of the molecule is c1ccc(C2=NC(c3ccc(-c4ccc5ccccc5c4)cc3)N=C(c3cccc4oc5ccc(-c6ccc7ccccc7c6)cc5c34)N2)cc1. The molecule has 0 spiro atoms. The van der Waals surface area contributed by atoms with Gasteiger partial charge in [0, 0.05) is 21.9 Å². The van der Waals surface area contributed by atoms with E-state index in [0.29, 0.717) is 0 Å². The zero-order chi connectivity index (χ0) is 33.7. The molecular formula is C47H31N3O. The van der Waals surface area contributed by atoms with E-state index in [0.717, 1.165) is 61.4 Å². The van der Waals surface area contributed by atoms with Crippen molar-refractivity contribution in [2.45, 2.75) is 6.17 Å². The van der Waals surface area contributed by atoms with Crippen LogP contribution in [0.2, 0.25) is 0 Å². The van der Waals surface area contributed by atoms with E-state index in [1.807, 2.05) is 30.3 Å². The van der Waals surface area contributed by atoms with Crippen molar-refractivity contribution in [1.29, 1.82) is 0 Å². The fraction of sp³-hybridized carbons (Fsp3) is 0.0213. The third kappa shape index (κ3) is 5.25. The summed E-state index contributed by atoms with van der Waals surface area (Å²) in [5.41, 5.74) is 9.32. The molecule has 0 fully saturated rings. The van der Waals surface area contributed by atoms with Gasteiger partial charge < -0.3 is 9.73 Å². The summed E-state index contributed by atoms with van der Waals surface area (Å²) in [5, 5.41) is 10.6. The first kappa shape index (κ1) is 29.2. The number of furan rings is 1. The minimum Gasteiger partial charge on any atom is -0.456 e. The van der Waals surface area contributed by atoms with Crippen molar-refractivity contribution in [1.82, 2.24) is 5.32 Å². The molecule has 0 bridgehead atoms. The number of hydrogen-bond donors (Lipinski definition) is 1. The van der Waals surface area contributed by atoms with E-state index < -0.39 is 6.17 Å². The summed E-state index contributed by atoms with van der Waals surface area (Å²) in [5.74, 6) is 1.54. The smallest absolute Gasteiger partial charge is 0.169 e. The second-order valence-corrected chi connectivity index (χ2v) is 13.1. The highest BCUT2D eigenvalue weighted by molar-refractivity contribution is 6.23. The molecule has 9 aromatic rings. The molecule has 1 unspecified atom stereocenters. The largest absolute Gasteiger partial charge is 0.456 e. The first-order valence-electron chi connectivity index (χ1n) is 17.3. The van der Waals surface area contributed by atoms with Gasteiger partial charge in [0.05, 0.1) is 0 Å². The van der Waals surface area contributed by atoms with E-state index in [1.165, 1.54) is 32.7 Å². The normalized spacial score (nSPS) is 14.5. The Kier molecular flexibility index (Phi) is 6.85. The molecule has 1 aromatic heterocycles. The molecule has 240 valence electrons. The van der Waals surface area contributed by atoms with Gasteiger partial charge in [0.15, 0.2) is 6.17 Å². The maximum absolute atomic E-state index is 6.44. The van der Waals surface area contributed by atoms with Crippen LogP contribution in [-0.4, -0.2) is 11.7 Å². The lowest BCUT2D eigenvalue weighted by atomic mass is 9.98. The lowest BCUT2D eigenvalue weighted by Gasteiger charge is -2.23. The van der Waals surface area contributed by atoms with Gasteiger partial charge in [-0.2, -0.15) is 0 Å². The minimum absolute atomic E-state index is 0.427. The molecule has 8 aromatic carbocycles. The molecule has 0 aliphatic carbocycles. The molecule has 4 nitrogen and oxygen atoms in total. The predicted octanol–water partition coefficient (Wildman–Crippen LogP) is 11.7. The summed E-state index contributed by atoms with van der Waals surface area (Å²) >= 11 is 0. The van der Waals surface area contributed by atoms with Crippen LogP contribution in [0.3, 0.4) is 0 Å². The number of nitrogens with one attached hydrogen (secondary N) is 1. The maximum Gasteiger partial charge on any atom is 0.169 e. The molecule has 0 saturated carbocycles. The van der Waals surface area contributed by atoms with Gasteiger partial charge in [-0.05, 0) is 79.7 Å². The van der Waals surface area contributed by atoms with Crippen LogP contribution >= 0.6 is 0 Å². The van der Waals surface area contributed by atoms with Crippen LogP contribution in [0.4, 0.5) is 0 Å². The molecular weight excluding hydrogens is 623 g/mol. The molecule has 0 saturated heterocycles. The highest BCUT2D eigenvalue weighted by atomic mass is 16.3. The highest BCUT2D eigenvalue weighted by Gasteiger charge is 2.24. The number of nitrogens with zero attached hydrogens (tertiary/aromatic N) is 2. The quantitative estimate of drug-likeness (QED) is 0.201. The first-order chi connectivity index (χ1) is 25.2. The van der Waals surface area contributed by atoms with Crippen LogP contribution in [0, 0.1) is 0 Å².